The predicted octanol–water partition coefficient (Wildman–Crippen LogP) is 1.26. The Morgan fingerprint density at radius 1 is 1.57 bits per heavy atom. The molecule has 0 spiro atoms. The smallest absolute Gasteiger partial charge is 0.326 e. The van der Waals surface area contributed by atoms with Gasteiger partial charge in [0.1, 0.15) is 6.04 Å². The van der Waals surface area contributed by atoms with Crippen LogP contribution in [0.2, 0.25) is 0 Å². The predicted molar refractivity (Wildman–Crippen MR) is 55.0 cm³/mol. The highest BCUT2D eigenvalue weighted by Crippen LogP contribution is 2.29. The molecule has 4 nitrogen and oxygen atoms in total. The molecule has 1 rings (SSSR count). The van der Waals surface area contributed by atoms with Crippen molar-refractivity contribution in [2.24, 2.45) is 5.92 Å². The van der Waals surface area contributed by atoms with Crippen LogP contribution in [0.3, 0.4) is 0 Å². The number of hydrogen-bond acceptors (Lipinski definition) is 2. The van der Waals surface area contributed by atoms with Crippen molar-refractivity contribution >= 4 is 27.8 Å². The topological polar surface area (TPSA) is 66.4 Å². The number of carboxylic acid groups (broad SMARTS) is 1. The Hall–Kier alpha value is -0.840. The maximum atomic E-state index is 11.3. The van der Waals surface area contributed by atoms with Gasteiger partial charge in [-0.3, -0.25) is 4.79 Å². The third-order valence-electron chi connectivity index (χ3n) is 1.99. The molecule has 78 valence electrons. The number of aliphatic carboxylic acids is 1. The van der Waals surface area contributed by atoms with E-state index in [1.807, 2.05) is 0 Å². The Kier molecular flexibility index (Phi) is 3.69. The van der Waals surface area contributed by atoms with Crippen molar-refractivity contribution in [1.82, 2.24) is 5.32 Å². The summed E-state index contributed by atoms with van der Waals surface area (Å²) >= 11 is 3.08. The molecule has 0 heterocycles. The van der Waals surface area contributed by atoms with Crippen LogP contribution < -0.4 is 5.32 Å². The molecular formula is C9H12BrNO3. The maximum Gasteiger partial charge on any atom is 0.326 e. The zero-order chi connectivity index (χ0) is 10.7. The van der Waals surface area contributed by atoms with Crippen LogP contribution in [0.1, 0.15) is 19.3 Å². The molecule has 1 atom stereocenters. The zero-order valence-electron chi connectivity index (χ0n) is 7.62. The fourth-order valence-corrected chi connectivity index (χ4v) is 1.38. The van der Waals surface area contributed by atoms with Gasteiger partial charge < -0.3 is 10.4 Å². The number of amides is 1. The average Bonchev–Trinajstić information content (AvgIpc) is 2.83. The maximum absolute atomic E-state index is 11.3. The minimum Gasteiger partial charge on any atom is -0.480 e. The highest BCUT2D eigenvalue weighted by molar-refractivity contribution is 9.11. The lowest BCUT2D eigenvalue weighted by molar-refractivity contribution is -0.141. The minimum atomic E-state index is -1.03. The lowest BCUT2D eigenvalue weighted by Crippen LogP contribution is -2.41. The van der Waals surface area contributed by atoms with Crippen LogP contribution in [0.15, 0.2) is 11.1 Å². The Morgan fingerprint density at radius 3 is 2.50 bits per heavy atom. The number of carbonyl (C=O) groups is 2. The minimum absolute atomic E-state index is 0.0282. The fourth-order valence-electron chi connectivity index (χ4n) is 1.06. The lowest BCUT2D eigenvalue weighted by Gasteiger charge is -2.13. The van der Waals surface area contributed by atoms with Gasteiger partial charge in [-0.25, -0.2) is 4.79 Å². The van der Waals surface area contributed by atoms with E-state index in [-0.39, 0.29) is 18.2 Å². The Balaban J connectivity index is 2.45. The van der Waals surface area contributed by atoms with Crippen molar-refractivity contribution in [2.45, 2.75) is 25.3 Å². The van der Waals surface area contributed by atoms with Gasteiger partial charge in [-0.05, 0) is 17.3 Å². The van der Waals surface area contributed by atoms with Gasteiger partial charge in [-0.1, -0.05) is 22.5 Å². The number of carbonyl (C=O) groups excluding carboxylic acids is 1. The van der Waals surface area contributed by atoms with E-state index in [9.17, 15) is 9.59 Å². The molecule has 5 heteroatoms. The SMILES string of the molecule is C=C(Br)C[C@@H](NC(=O)C1CC1)C(=O)O. The van der Waals surface area contributed by atoms with Crippen LogP contribution in [0.4, 0.5) is 0 Å². The van der Waals surface area contributed by atoms with Gasteiger partial charge in [-0.2, -0.15) is 0 Å². The molecule has 0 unspecified atom stereocenters. The van der Waals surface area contributed by atoms with Crippen LogP contribution in [-0.4, -0.2) is 23.0 Å². The van der Waals surface area contributed by atoms with Gasteiger partial charge in [0.25, 0.3) is 0 Å². The molecule has 0 aromatic rings. The van der Waals surface area contributed by atoms with E-state index in [0.29, 0.717) is 4.48 Å². The second-order valence-corrected chi connectivity index (χ2v) is 4.52. The summed E-state index contributed by atoms with van der Waals surface area (Å²) in [5.74, 6) is -1.16. The number of hydrogen-bond donors (Lipinski definition) is 2. The Bertz CT molecular complexity index is 273. The van der Waals surface area contributed by atoms with Gasteiger partial charge in [0.05, 0.1) is 0 Å². The van der Waals surface area contributed by atoms with Crippen LogP contribution in [0.5, 0.6) is 0 Å². The van der Waals surface area contributed by atoms with E-state index in [1.54, 1.807) is 0 Å². The Labute approximate surface area is 90.5 Å². The monoisotopic (exact) mass is 261 g/mol. The number of halogens is 1. The second-order valence-electron chi connectivity index (χ2n) is 3.40. The molecule has 0 radical (unpaired) electrons. The molecule has 0 aromatic carbocycles. The molecule has 0 bridgehead atoms. The van der Waals surface area contributed by atoms with Crippen molar-refractivity contribution in [3.8, 4) is 0 Å². The Morgan fingerprint density at radius 2 is 2.14 bits per heavy atom. The van der Waals surface area contributed by atoms with Crippen molar-refractivity contribution in [1.29, 1.82) is 0 Å². The molecule has 0 aliphatic heterocycles. The van der Waals surface area contributed by atoms with Crippen molar-refractivity contribution in [2.75, 3.05) is 0 Å². The third kappa shape index (κ3) is 3.49. The normalized spacial score (nSPS) is 17.2. The molecule has 2 N–H and O–H groups in total. The summed E-state index contributed by atoms with van der Waals surface area (Å²) in [6.07, 6.45) is 1.95. The highest BCUT2D eigenvalue weighted by atomic mass is 79.9. The summed E-state index contributed by atoms with van der Waals surface area (Å²) in [6, 6.07) is -0.866. The average molecular weight is 262 g/mol. The summed E-state index contributed by atoms with van der Waals surface area (Å²) < 4.78 is 0.570. The van der Waals surface area contributed by atoms with Crippen molar-refractivity contribution in [3.05, 3.63) is 11.1 Å². The number of carboxylic acids is 1. The lowest BCUT2D eigenvalue weighted by atomic mass is 10.2. The quantitative estimate of drug-likeness (QED) is 0.783. The van der Waals surface area contributed by atoms with E-state index in [2.05, 4.69) is 27.8 Å². The molecule has 1 fully saturated rings. The molecule has 1 aliphatic rings. The fraction of sp³-hybridized carbons (Fsp3) is 0.556. The first-order valence-electron chi connectivity index (χ1n) is 4.37. The van der Waals surface area contributed by atoms with Crippen LogP contribution in [0.25, 0.3) is 0 Å². The summed E-state index contributed by atoms with van der Waals surface area (Å²) in [5.41, 5.74) is 0. The molecular weight excluding hydrogens is 250 g/mol. The first-order chi connectivity index (χ1) is 6.50. The highest BCUT2D eigenvalue weighted by Gasteiger charge is 2.32. The summed E-state index contributed by atoms with van der Waals surface area (Å²) in [7, 11) is 0. The van der Waals surface area contributed by atoms with E-state index in [1.165, 1.54) is 0 Å². The van der Waals surface area contributed by atoms with Gasteiger partial charge in [0, 0.05) is 12.3 Å². The molecule has 0 saturated heterocycles. The molecule has 1 amide bonds. The first kappa shape index (κ1) is 11.2. The van der Waals surface area contributed by atoms with E-state index < -0.39 is 12.0 Å². The summed E-state index contributed by atoms with van der Waals surface area (Å²) in [6.45, 7) is 3.55. The zero-order valence-corrected chi connectivity index (χ0v) is 9.21. The van der Waals surface area contributed by atoms with E-state index >= 15 is 0 Å². The summed E-state index contributed by atoms with van der Waals surface area (Å²) in [4.78, 5) is 22.0. The second kappa shape index (κ2) is 4.59. The van der Waals surface area contributed by atoms with Gasteiger partial charge in [0.15, 0.2) is 0 Å². The number of nitrogens with one attached hydrogen (secondary N) is 1. The van der Waals surface area contributed by atoms with E-state index in [4.69, 9.17) is 5.11 Å². The number of rotatable bonds is 5. The van der Waals surface area contributed by atoms with E-state index in [0.717, 1.165) is 12.8 Å². The molecule has 14 heavy (non-hydrogen) atoms. The van der Waals surface area contributed by atoms with Crippen LogP contribution in [0, 0.1) is 5.92 Å². The largest absolute Gasteiger partial charge is 0.480 e. The first-order valence-corrected chi connectivity index (χ1v) is 5.16. The van der Waals surface area contributed by atoms with Gasteiger partial charge in [0.2, 0.25) is 5.91 Å². The van der Waals surface area contributed by atoms with Crippen molar-refractivity contribution < 1.29 is 14.7 Å². The molecule has 1 saturated carbocycles. The standard InChI is InChI=1S/C9H12BrNO3/c1-5(10)4-7(9(13)14)11-8(12)6-2-3-6/h6-7H,1-4H2,(H,11,12)(H,13,14)/t7-/m1/s1. The van der Waals surface area contributed by atoms with Gasteiger partial charge >= 0.3 is 5.97 Å². The molecule has 1 aliphatic carbocycles. The summed E-state index contributed by atoms with van der Waals surface area (Å²) in [5, 5.41) is 11.3. The van der Waals surface area contributed by atoms with Crippen LogP contribution >= 0.6 is 15.9 Å². The third-order valence-corrected chi connectivity index (χ3v) is 2.31. The molecule has 0 aromatic heterocycles. The van der Waals surface area contributed by atoms with Crippen molar-refractivity contribution in [3.63, 3.8) is 0 Å². The van der Waals surface area contributed by atoms with Gasteiger partial charge in [-0.15, -0.1) is 0 Å². The van der Waals surface area contributed by atoms with Crippen LogP contribution in [-0.2, 0) is 9.59 Å².